The van der Waals surface area contributed by atoms with E-state index < -0.39 is 0 Å². The smallest absolute Gasteiger partial charge is 0.223 e. The van der Waals surface area contributed by atoms with Crippen LogP contribution in [0.2, 0.25) is 5.02 Å². The number of halogens is 1. The Hall–Kier alpha value is -2.33. The summed E-state index contributed by atoms with van der Waals surface area (Å²) in [5, 5.41) is 3.86. The molecule has 0 amide bonds. The molecule has 5 heteroatoms. The Bertz CT molecular complexity index is 724. The fourth-order valence-electron chi connectivity index (χ4n) is 2.04. The summed E-state index contributed by atoms with van der Waals surface area (Å²) in [6.07, 6.45) is 3.46. The van der Waals surface area contributed by atoms with Crippen LogP contribution >= 0.6 is 11.6 Å². The van der Waals surface area contributed by atoms with E-state index in [1.54, 1.807) is 6.26 Å². The van der Waals surface area contributed by atoms with Gasteiger partial charge in [0.25, 0.3) is 0 Å². The predicted molar refractivity (Wildman–Crippen MR) is 83.2 cm³/mol. The summed E-state index contributed by atoms with van der Waals surface area (Å²) in [4.78, 5) is 8.82. The molecule has 0 aliphatic carbocycles. The van der Waals surface area contributed by atoms with Gasteiger partial charge in [-0.1, -0.05) is 23.7 Å². The third-order valence-electron chi connectivity index (χ3n) is 3.14. The maximum Gasteiger partial charge on any atom is 0.223 e. The number of nitrogens with zero attached hydrogens (tertiary/aromatic N) is 2. The van der Waals surface area contributed by atoms with E-state index in [4.69, 9.17) is 16.0 Å². The number of benzene rings is 1. The fourth-order valence-corrected chi connectivity index (χ4v) is 2.17. The van der Waals surface area contributed by atoms with Crippen LogP contribution in [0.15, 0.2) is 53.3 Å². The van der Waals surface area contributed by atoms with E-state index in [2.05, 4.69) is 15.3 Å². The van der Waals surface area contributed by atoms with Crippen molar-refractivity contribution < 1.29 is 4.42 Å². The van der Waals surface area contributed by atoms with Gasteiger partial charge >= 0.3 is 0 Å². The lowest BCUT2D eigenvalue weighted by Gasteiger charge is -2.08. The summed E-state index contributed by atoms with van der Waals surface area (Å²) >= 11 is 5.90. The average molecular weight is 300 g/mol. The van der Waals surface area contributed by atoms with Crippen molar-refractivity contribution in [3.05, 3.63) is 65.3 Å². The van der Waals surface area contributed by atoms with Crippen LogP contribution in [0.25, 0.3) is 11.1 Å². The highest BCUT2D eigenvalue weighted by Gasteiger charge is 2.06. The van der Waals surface area contributed by atoms with Crippen molar-refractivity contribution in [1.29, 1.82) is 0 Å². The summed E-state index contributed by atoms with van der Waals surface area (Å²) in [6, 6.07) is 11.4. The van der Waals surface area contributed by atoms with Gasteiger partial charge in [0.1, 0.15) is 5.76 Å². The summed E-state index contributed by atoms with van der Waals surface area (Å²) in [5.41, 5.74) is 2.96. The molecule has 106 valence electrons. The van der Waals surface area contributed by atoms with Crippen LogP contribution in [0.4, 0.5) is 5.95 Å². The van der Waals surface area contributed by atoms with E-state index in [0.717, 1.165) is 22.6 Å². The molecule has 4 nitrogen and oxygen atoms in total. The molecule has 0 spiro atoms. The number of anilines is 1. The third-order valence-corrected chi connectivity index (χ3v) is 3.39. The minimum Gasteiger partial charge on any atom is -0.467 e. The first-order valence-corrected chi connectivity index (χ1v) is 6.96. The molecule has 0 saturated carbocycles. The van der Waals surface area contributed by atoms with Crippen LogP contribution in [0.3, 0.4) is 0 Å². The van der Waals surface area contributed by atoms with Crippen molar-refractivity contribution in [3.63, 3.8) is 0 Å². The second-order valence-corrected chi connectivity index (χ2v) is 5.07. The molecule has 0 bridgehead atoms. The topological polar surface area (TPSA) is 51.0 Å². The highest BCUT2D eigenvalue weighted by atomic mass is 35.5. The van der Waals surface area contributed by atoms with Crippen molar-refractivity contribution >= 4 is 17.5 Å². The van der Waals surface area contributed by atoms with Gasteiger partial charge in [0.2, 0.25) is 5.95 Å². The molecule has 0 aliphatic heterocycles. The van der Waals surface area contributed by atoms with Crippen LogP contribution in [0.5, 0.6) is 0 Å². The number of hydrogen-bond acceptors (Lipinski definition) is 4. The Morgan fingerprint density at radius 3 is 2.67 bits per heavy atom. The van der Waals surface area contributed by atoms with E-state index in [-0.39, 0.29) is 0 Å². The van der Waals surface area contributed by atoms with Gasteiger partial charge in [0.15, 0.2) is 0 Å². The van der Waals surface area contributed by atoms with E-state index in [1.807, 2.05) is 49.5 Å². The summed E-state index contributed by atoms with van der Waals surface area (Å²) < 4.78 is 5.26. The van der Waals surface area contributed by atoms with Crippen molar-refractivity contribution in [1.82, 2.24) is 9.97 Å². The number of furan rings is 1. The molecular formula is C16H14ClN3O. The Labute approximate surface area is 127 Å². The Balaban J connectivity index is 1.77. The summed E-state index contributed by atoms with van der Waals surface area (Å²) in [7, 11) is 0. The number of aryl methyl sites for hydroxylation is 1. The van der Waals surface area contributed by atoms with Gasteiger partial charge in [0, 0.05) is 16.8 Å². The molecule has 3 rings (SSSR count). The minimum absolute atomic E-state index is 0.562. The van der Waals surface area contributed by atoms with Crippen LogP contribution in [0.1, 0.15) is 11.5 Å². The fraction of sp³-hybridized carbons (Fsp3) is 0.125. The molecular weight excluding hydrogens is 286 g/mol. The first kappa shape index (κ1) is 13.6. The quantitative estimate of drug-likeness (QED) is 0.780. The molecule has 0 saturated heterocycles. The molecule has 0 unspecified atom stereocenters. The average Bonchev–Trinajstić information content (AvgIpc) is 3.00. The molecule has 0 fully saturated rings. The Morgan fingerprint density at radius 2 is 2.00 bits per heavy atom. The second-order valence-electron chi connectivity index (χ2n) is 4.63. The van der Waals surface area contributed by atoms with E-state index in [1.165, 1.54) is 0 Å². The molecule has 21 heavy (non-hydrogen) atoms. The zero-order valence-corrected chi connectivity index (χ0v) is 12.3. The van der Waals surface area contributed by atoms with Crippen molar-refractivity contribution in [3.8, 4) is 11.1 Å². The van der Waals surface area contributed by atoms with Crippen LogP contribution in [-0.4, -0.2) is 9.97 Å². The van der Waals surface area contributed by atoms with Crippen molar-refractivity contribution in [2.24, 2.45) is 0 Å². The molecule has 0 radical (unpaired) electrons. The minimum atomic E-state index is 0.562. The zero-order chi connectivity index (χ0) is 14.7. The van der Waals surface area contributed by atoms with Gasteiger partial charge < -0.3 is 9.73 Å². The third kappa shape index (κ3) is 3.23. The Morgan fingerprint density at radius 1 is 1.19 bits per heavy atom. The largest absolute Gasteiger partial charge is 0.467 e. The lowest BCUT2D eigenvalue weighted by Crippen LogP contribution is -2.04. The van der Waals surface area contributed by atoms with E-state index in [9.17, 15) is 0 Å². The number of aromatic nitrogens is 2. The predicted octanol–water partition coefficient (Wildman–Crippen LogP) is 4.31. The van der Waals surface area contributed by atoms with Crippen molar-refractivity contribution in [2.75, 3.05) is 5.32 Å². The lowest BCUT2D eigenvalue weighted by atomic mass is 10.1. The first-order chi connectivity index (χ1) is 10.2. The van der Waals surface area contributed by atoms with Crippen LogP contribution in [-0.2, 0) is 6.54 Å². The first-order valence-electron chi connectivity index (χ1n) is 6.58. The van der Waals surface area contributed by atoms with E-state index >= 15 is 0 Å². The van der Waals surface area contributed by atoms with Crippen LogP contribution < -0.4 is 5.32 Å². The number of rotatable bonds is 4. The zero-order valence-electron chi connectivity index (χ0n) is 11.5. The molecule has 3 aromatic rings. The highest BCUT2D eigenvalue weighted by molar-refractivity contribution is 6.30. The second kappa shape index (κ2) is 5.97. The number of hydrogen-bond donors (Lipinski definition) is 1. The van der Waals surface area contributed by atoms with Crippen LogP contribution in [0, 0.1) is 6.92 Å². The van der Waals surface area contributed by atoms with Crippen molar-refractivity contribution in [2.45, 2.75) is 13.5 Å². The van der Waals surface area contributed by atoms with E-state index in [0.29, 0.717) is 17.5 Å². The molecule has 2 heterocycles. The SMILES string of the molecule is Cc1nc(NCc2ccco2)ncc1-c1ccc(Cl)cc1. The van der Waals surface area contributed by atoms with Gasteiger partial charge in [0.05, 0.1) is 18.5 Å². The standard InChI is InChI=1S/C16H14ClN3O/c1-11-15(12-4-6-13(17)7-5-12)10-19-16(20-11)18-9-14-3-2-8-21-14/h2-8,10H,9H2,1H3,(H,18,19,20). The molecule has 2 aromatic heterocycles. The maximum absolute atomic E-state index is 5.90. The van der Waals surface area contributed by atoms with Gasteiger partial charge in [-0.2, -0.15) is 0 Å². The van der Waals surface area contributed by atoms with Gasteiger partial charge in [-0.15, -0.1) is 0 Å². The summed E-state index contributed by atoms with van der Waals surface area (Å²) in [6.45, 7) is 2.52. The Kier molecular flexibility index (Phi) is 3.88. The normalized spacial score (nSPS) is 10.6. The van der Waals surface area contributed by atoms with Gasteiger partial charge in [-0.3, -0.25) is 0 Å². The highest BCUT2D eigenvalue weighted by Crippen LogP contribution is 2.23. The van der Waals surface area contributed by atoms with Gasteiger partial charge in [-0.05, 0) is 36.8 Å². The molecule has 1 aromatic carbocycles. The number of nitrogens with one attached hydrogen (secondary N) is 1. The lowest BCUT2D eigenvalue weighted by molar-refractivity contribution is 0.517. The maximum atomic E-state index is 5.90. The molecule has 0 aliphatic rings. The molecule has 0 atom stereocenters. The summed E-state index contributed by atoms with van der Waals surface area (Å²) in [5.74, 6) is 1.43. The monoisotopic (exact) mass is 299 g/mol. The molecule has 1 N–H and O–H groups in total. The van der Waals surface area contributed by atoms with Gasteiger partial charge in [-0.25, -0.2) is 9.97 Å².